The largest absolute Gasteiger partial charge is 0.573 e. The summed E-state index contributed by atoms with van der Waals surface area (Å²) in [6, 6.07) is 3.40. The highest BCUT2D eigenvalue weighted by atomic mass is 35.5. The summed E-state index contributed by atoms with van der Waals surface area (Å²) in [5, 5.41) is 2.63. The van der Waals surface area contributed by atoms with Gasteiger partial charge in [-0.1, -0.05) is 17.7 Å². The molecule has 0 aliphatic carbocycles. The molecule has 2 rings (SSSR count). The van der Waals surface area contributed by atoms with E-state index in [9.17, 15) is 22.8 Å². The Kier molecular flexibility index (Phi) is 6.66. The van der Waals surface area contributed by atoms with Crippen molar-refractivity contribution in [3.63, 3.8) is 0 Å². The van der Waals surface area contributed by atoms with Crippen molar-refractivity contribution < 1.29 is 37.0 Å². The van der Waals surface area contributed by atoms with E-state index in [4.69, 9.17) is 21.1 Å². The van der Waals surface area contributed by atoms with Gasteiger partial charge in [0.1, 0.15) is 22.5 Å². The van der Waals surface area contributed by atoms with Crippen LogP contribution >= 0.6 is 11.6 Å². The molecular weight excluding hydrogens is 441 g/mol. The van der Waals surface area contributed by atoms with Gasteiger partial charge in [0.05, 0.1) is 13.1 Å². The van der Waals surface area contributed by atoms with Crippen LogP contribution < -0.4 is 10.1 Å². The summed E-state index contributed by atoms with van der Waals surface area (Å²) in [5.41, 5.74) is -2.36. The maximum absolute atomic E-state index is 12.5. The van der Waals surface area contributed by atoms with Gasteiger partial charge in [0.25, 0.3) is 0 Å². The summed E-state index contributed by atoms with van der Waals surface area (Å²) >= 11 is 6.23. The highest BCUT2D eigenvalue weighted by molar-refractivity contribution is 6.31. The van der Waals surface area contributed by atoms with E-state index >= 15 is 0 Å². The summed E-state index contributed by atoms with van der Waals surface area (Å²) in [6.45, 7) is 10.2. The van der Waals surface area contributed by atoms with Crippen molar-refractivity contribution in [2.45, 2.75) is 64.6 Å². The van der Waals surface area contributed by atoms with E-state index in [0.29, 0.717) is 5.56 Å². The molecule has 31 heavy (non-hydrogen) atoms. The predicted octanol–water partition coefficient (Wildman–Crippen LogP) is 5.21. The average molecular weight is 467 g/mol. The van der Waals surface area contributed by atoms with Crippen molar-refractivity contribution >= 4 is 23.8 Å². The number of carbonyl (C=O) groups is 2. The Labute approximate surface area is 183 Å². The zero-order chi connectivity index (χ0) is 23.8. The first-order valence-electron chi connectivity index (χ1n) is 9.44. The van der Waals surface area contributed by atoms with E-state index in [1.54, 1.807) is 41.5 Å². The Bertz CT molecular complexity index is 841. The van der Waals surface area contributed by atoms with Crippen molar-refractivity contribution in [1.82, 2.24) is 10.2 Å². The number of benzene rings is 1. The van der Waals surface area contributed by atoms with Crippen LogP contribution in [0.25, 0.3) is 0 Å². The third kappa shape index (κ3) is 7.09. The van der Waals surface area contributed by atoms with Crippen molar-refractivity contribution in [1.29, 1.82) is 0 Å². The van der Waals surface area contributed by atoms with Crippen LogP contribution in [-0.2, 0) is 15.0 Å². The molecule has 0 spiro atoms. The van der Waals surface area contributed by atoms with Gasteiger partial charge >= 0.3 is 18.5 Å². The molecule has 0 aromatic heterocycles. The van der Waals surface area contributed by atoms with Gasteiger partial charge in [0, 0.05) is 10.6 Å². The van der Waals surface area contributed by atoms with Gasteiger partial charge < -0.3 is 24.4 Å². The lowest BCUT2D eigenvalue weighted by Gasteiger charge is -2.50. The van der Waals surface area contributed by atoms with Gasteiger partial charge in [-0.05, 0) is 53.7 Å². The minimum absolute atomic E-state index is 0.0135. The number of carbonyl (C=O) groups excluding carboxylic acids is 2. The first-order chi connectivity index (χ1) is 13.9. The SMILES string of the molecule is CC(C)(C)OC(=O)NC1(c2ccc(OC(F)(F)F)cc2Cl)CN(C(=O)OC(C)(C)C)C1. The Morgan fingerprint density at radius 3 is 2.03 bits per heavy atom. The number of hydrogen-bond acceptors (Lipinski definition) is 5. The van der Waals surface area contributed by atoms with Gasteiger partial charge in [-0.2, -0.15) is 0 Å². The summed E-state index contributed by atoms with van der Waals surface area (Å²) in [6.07, 6.45) is -6.23. The number of halogens is 4. The molecule has 1 aromatic rings. The van der Waals surface area contributed by atoms with Gasteiger partial charge in [0.15, 0.2) is 0 Å². The highest BCUT2D eigenvalue weighted by Crippen LogP contribution is 2.39. The number of alkyl carbamates (subject to hydrolysis) is 1. The molecule has 0 radical (unpaired) electrons. The maximum Gasteiger partial charge on any atom is 0.573 e. The lowest BCUT2D eigenvalue weighted by atomic mass is 9.82. The van der Waals surface area contributed by atoms with E-state index in [2.05, 4.69) is 10.1 Å². The second-order valence-corrected chi connectivity index (χ2v) is 9.64. The van der Waals surface area contributed by atoms with E-state index < -0.39 is 41.0 Å². The second kappa shape index (κ2) is 8.29. The van der Waals surface area contributed by atoms with E-state index in [0.717, 1.165) is 12.1 Å². The molecule has 0 atom stereocenters. The van der Waals surface area contributed by atoms with Crippen LogP contribution in [0.3, 0.4) is 0 Å². The molecule has 0 unspecified atom stereocenters. The second-order valence-electron chi connectivity index (χ2n) is 9.23. The van der Waals surface area contributed by atoms with Gasteiger partial charge in [-0.25, -0.2) is 9.59 Å². The molecule has 174 valence electrons. The maximum atomic E-state index is 12.5. The van der Waals surface area contributed by atoms with Crippen LogP contribution in [0.4, 0.5) is 22.8 Å². The number of alkyl halides is 3. The molecule has 1 heterocycles. The zero-order valence-electron chi connectivity index (χ0n) is 18.1. The molecule has 1 saturated heterocycles. The fourth-order valence-electron chi connectivity index (χ4n) is 2.96. The number of likely N-dealkylation sites (tertiary alicyclic amines) is 1. The minimum atomic E-state index is -4.87. The molecule has 2 amide bonds. The minimum Gasteiger partial charge on any atom is -0.444 e. The third-order valence-electron chi connectivity index (χ3n) is 4.00. The molecule has 1 aliphatic heterocycles. The quantitative estimate of drug-likeness (QED) is 0.661. The summed E-state index contributed by atoms with van der Waals surface area (Å²) in [4.78, 5) is 26.1. The van der Waals surface area contributed by atoms with Crippen molar-refractivity contribution in [2.75, 3.05) is 13.1 Å². The number of amides is 2. The predicted molar refractivity (Wildman–Crippen MR) is 107 cm³/mol. The molecule has 0 bridgehead atoms. The van der Waals surface area contributed by atoms with Gasteiger partial charge in [-0.3, -0.25) is 0 Å². The van der Waals surface area contributed by atoms with Crippen LogP contribution in [0.2, 0.25) is 5.02 Å². The van der Waals surface area contributed by atoms with Crippen molar-refractivity contribution in [3.8, 4) is 5.75 Å². The topological polar surface area (TPSA) is 77.1 Å². The van der Waals surface area contributed by atoms with Crippen LogP contribution in [0.15, 0.2) is 18.2 Å². The van der Waals surface area contributed by atoms with Crippen LogP contribution in [0.1, 0.15) is 47.1 Å². The van der Waals surface area contributed by atoms with E-state index in [1.165, 1.54) is 11.0 Å². The van der Waals surface area contributed by atoms with Crippen molar-refractivity contribution in [2.24, 2.45) is 0 Å². The summed E-state index contributed by atoms with van der Waals surface area (Å²) in [7, 11) is 0. The van der Waals surface area contributed by atoms with E-state index in [1.807, 2.05) is 0 Å². The normalized spacial score (nSPS) is 16.3. The molecule has 1 fully saturated rings. The molecule has 1 aromatic carbocycles. The average Bonchev–Trinajstić information content (AvgIpc) is 2.45. The molecule has 7 nitrogen and oxygen atoms in total. The Hall–Kier alpha value is -2.36. The smallest absolute Gasteiger partial charge is 0.444 e. The zero-order valence-corrected chi connectivity index (χ0v) is 18.9. The molecule has 1 aliphatic rings. The lowest BCUT2D eigenvalue weighted by molar-refractivity contribution is -0.274. The number of nitrogens with zero attached hydrogens (tertiary/aromatic N) is 1. The summed E-state index contributed by atoms with van der Waals surface area (Å²) in [5.74, 6) is -0.503. The molecule has 11 heteroatoms. The first-order valence-corrected chi connectivity index (χ1v) is 9.82. The summed E-state index contributed by atoms with van der Waals surface area (Å²) < 4.78 is 52.0. The fourth-order valence-corrected chi connectivity index (χ4v) is 3.31. The number of nitrogens with one attached hydrogen (secondary N) is 1. The standard InChI is InChI=1S/C20H26ClF3N2O5/c1-17(2,3)30-15(27)25-19(10-26(11-19)16(28)31-18(4,5)6)13-8-7-12(9-14(13)21)29-20(22,23)24/h7-9H,10-11H2,1-6H3,(H,25,27). The van der Waals surface area contributed by atoms with Crippen LogP contribution in [0.5, 0.6) is 5.75 Å². The number of hydrogen-bond donors (Lipinski definition) is 1. The van der Waals surface area contributed by atoms with Gasteiger partial charge in [0.2, 0.25) is 0 Å². The molecule has 1 N–H and O–H groups in total. The Morgan fingerprint density at radius 2 is 1.58 bits per heavy atom. The van der Waals surface area contributed by atoms with Crippen LogP contribution in [-0.4, -0.2) is 47.7 Å². The van der Waals surface area contributed by atoms with Crippen molar-refractivity contribution in [3.05, 3.63) is 28.8 Å². The number of rotatable bonds is 3. The lowest BCUT2D eigenvalue weighted by Crippen LogP contribution is -2.69. The van der Waals surface area contributed by atoms with Crippen LogP contribution in [0, 0.1) is 0 Å². The van der Waals surface area contributed by atoms with Gasteiger partial charge in [-0.15, -0.1) is 13.2 Å². The first kappa shape index (κ1) is 24.9. The molecular formula is C20H26ClF3N2O5. The Balaban J connectivity index is 2.30. The van der Waals surface area contributed by atoms with E-state index in [-0.39, 0.29) is 18.1 Å². The third-order valence-corrected chi connectivity index (χ3v) is 4.32. The highest BCUT2D eigenvalue weighted by Gasteiger charge is 2.50. The molecule has 0 saturated carbocycles. The number of ether oxygens (including phenoxy) is 3. The Morgan fingerprint density at radius 1 is 1.03 bits per heavy atom. The fraction of sp³-hybridized carbons (Fsp3) is 0.600. The monoisotopic (exact) mass is 466 g/mol.